The summed E-state index contributed by atoms with van der Waals surface area (Å²) in [6.07, 6.45) is 0. The Morgan fingerprint density at radius 1 is 0.169 bits per heavy atom. The Morgan fingerprint density at radius 2 is 0.551 bits per heavy atom. The summed E-state index contributed by atoms with van der Waals surface area (Å²) in [5.74, 6) is 1.19. The number of hydrogen-bond donors (Lipinski definition) is 0. The van der Waals surface area contributed by atoms with Gasteiger partial charge in [0.15, 0.2) is 11.2 Å². The molecule has 0 aliphatic rings. The van der Waals surface area contributed by atoms with Gasteiger partial charge in [-0.1, -0.05) is 267 Å². The number of rotatable bonds is 15. The fourth-order valence-electron chi connectivity index (χ4n) is 17.6. The minimum atomic E-state index is 0.587. The maximum Gasteiger partial charge on any atom is 0.227 e. The van der Waals surface area contributed by atoms with Gasteiger partial charge in [-0.05, 0) is 245 Å². The summed E-state index contributed by atoms with van der Waals surface area (Å²) >= 11 is 0. The molecule has 118 heavy (non-hydrogen) atoms. The number of fused-ring (bicyclic) bond motifs is 13. The van der Waals surface area contributed by atoms with Crippen LogP contribution in [-0.4, -0.2) is 9.97 Å². The molecule has 8 nitrogen and oxygen atoms in total. The standard InChI is InChI=1S/C110H68N4O4/c1-4-19-69(20-5-1)72-43-52-81(53-44-72)113(80-23-8-3-9-24-80)82-58-49-76(50-59-82)86-29-18-34-105-106(86)99-67-94(77-39-41-78(42-40-77)109-111-100-30-14-16-32-103(100)117-109)91-61-51-79(65-97(91)108(99)116-105)75-37-35-71(36-38-75)74-47-56-84(57-48-74)114(83-54-45-73(46-55-83)70-21-6-2-7-22-70)85-60-64-102-96(66-85)98-68-95(89-27-12-13-28-92(89)107(98)115-102)90-62-63-93(88-26-11-10-25-87(88)90)110-112-101-31-15-17-33-104(101)118-110/h1-68H. The van der Waals surface area contributed by atoms with Gasteiger partial charge in [-0.2, -0.15) is 0 Å². The van der Waals surface area contributed by atoms with Gasteiger partial charge in [-0.3, -0.25) is 0 Å². The molecule has 0 atom stereocenters. The van der Waals surface area contributed by atoms with Gasteiger partial charge >= 0.3 is 0 Å². The molecule has 19 aromatic carbocycles. The number of nitrogens with zero attached hydrogens (tertiary/aromatic N) is 4. The van der Waals surface area contributed by atoms with Crippen LogP contribution in [-0.2, 0) is 0 Å². The van der Waals surface area contributed by atoms with Crippen LogP contribution in [0.1, 0.15) is 0 Å². The Hall–Kier alpha value is -15.9. The van der Waals surface area contributed by atoms with Gasteiger partial charge in [-0.25, -0.2) is 9.97 Å². The van der Waals surface area contributed by atoms with Crippen LogP contribution in [0.4, 0.5) is 34.1 Å². The largest absolute Gasteiger partial charge is 0.455 e. The van der Waals surface area contributed by atoms with E-state index < -0.39 is 0 Å². The molecule has 0 N–H and O–H groups in total. The molecule has 0 unspecified atom stereocenters. The lowest BCUT2D eigenvalue weighted by Crippen LogP contribution is -2.09. The zero-order chi connectivity index (χ0) is 77.7. The number of benzene rings is 19. The molecule has 8 heteroatoms. The first-order valence-corrected chi connectivity index (χ1v) is 39.9. The van der Waals surface area contributed by atoms with Crippen LogP contribution in [0.2, 0.25) is 0 Å². The summed E-state index contributed by atoms with van der Waals surface area (Å²) in [6, 6.07) is 147. The Labute approximate surface area is 678 Å². The van der Waals surface area contributed by atoms with Gasteiger partial charge in [-0.15, -0.1) is 0 Å². The van der Waals surface area contributed by atoms with Crippen molar-refractivity contribution in [1.82, 2.24) is 9.97 Å². The van der Waals surface area contributed by atoms with E-state index in [2.05, 4.69) is 374 Å². The minimum Gasteiger partial charge on any atom is -0.455 e. The number of furan rings is 2. The lowest BCUT2D eigenvalue weighted by atomic mass is 9.90. The van der Waals surface area contributed by atoms with Crippen molar-refractivity contribution in [2.45, 2.75) is 0 Å². The first-order chi connectivity index (χ1) is 58.4. The molecule has 0 saturated carbocycles. The minimum absolute atomic E-state index is 0.587. The number of hydrogen-bond acceptors (Lipinski definition) is 8. The summed E-state index contributed by atoms with van der Waals surface area (Å²) in [7, 11) is 0. The van der Waals surface area contributed by atoms with E-state index in [1.165, 1.54) is 11.1 Å². The summed E-state index contributed by atoms with van der Waals surface area (Å²) in [6.45, 7) is 0. The Kier molecular flexibility index (Phi) is 16.1. The molecule has 23 rings (SSSR count). The first kappa shape index (κ1) is 67.8. The van der Waals surface area contributed by atoms with Gasteiger partial charge in [0.2, 0.25) is 11.8 Å². The SMILES string of the molecule is c1ccc(-c2ccc(N(c3ccccc3)c3ccc(-c4cccc5oc6c7cc(-c8ccc(-c9ccc(N(c%10ccc(-c%11ccccc%11)cc%10)c%10ccc%11oc%12c%13ccccc%13c(-c%13ccc(-c%14nc%15ccccc%15o%14)c%14ccccc%13%14)cc%12c%11c%10)cc9)cc8)ccc7c(-c7ccc(-c8nc9ccccc9o8)cc7)cc6c45)cc3)cc2)cc1. The monoisotopic (exact) mass is 1510 g/mol. The lowest BCUT2D eigenvalue weighted by molar-refractivity contribution is 0.619. The topological polar surface area (TPSA) is 84.8 Å². The molecule has 0 spiro atoms. The molecule has 0 bridgehead atoms. The molecule has 0 fully saturated rings. The van der Waals surface area contributed by atoms with Crippen molar-refractivity contribution in [1.29, 1.82) is 0 Å². The molecule has 0 aliphatic heterocycles. The number of para-hydroxylation sites is 5. The van der Waals surface area contributed by atoms with Crippen LogP contribution >= 0.6 is 0 Å². The molecule has 23 aromatic rings. The third-order valence-electron chi connectivity index (χ3n) is 23.4. The highest BCUT2D eigenvalue weighted by atomic mass is 16.4. The van der Waals surface area contributed by atoms with Crippen molar-refractivity contribution in [3.8, 4) is 101 Å². The molecular formula is C110H68N4O4. The maximum atomic E-state index is 7.18. The van der Waals surface area contributed by atoms with E-state index >= 15 is 0 Å². The average Bonchev–Trinajstić information content (AvgIpc) is 1.55. The summed E-state index contributed by atoms with van der Waals surface area (Å²) in [5, 5.41) is 10.6. The van der Waals surface area contributed by atoms with Crippen molar-refractivity contribution in [2.75, 3.05) is 9.80 Å². The predicted molar refractivity (Wildman–Crippen MR) is 487 cm³/mol. The molecule has 0 amide bonds. The predicted octanol–water partition coefficient (Wildman–Crippen LogP) is 31.2. The van der Waals surface area contributed by atoms with Crippen molar-refractivity contribution >= 4 is 133 Å². The van der Waals surface area contributed by atoms with Crippen LogP contribution in [0.5, 0.6) is 0 Å². The van der Waals surface area contributed by atoms with E-state index in [-0.39, 0.29) is 0 Å². The van der Waals surface area contributed by atoms with E-state index in [0.29, 0.717) is 11.8 Å². The third kappa shape index (κ3) is 11.8. The van der Waals surface area contributed by atoms with E-state index in [1.54, 1.807) is 0 Å². The Bertz CT molecular complexity index is 7740. The smallest absolute Gasteiger partial charge is 0.227 e. The Balaban J connectivity index is 0.600. The van der Waals surface area contributed by atoms with E-state index in [4.69, 9.17) is 27.6 Å². The third-order valence-corrected chi connectivity index (χ3v) is 23.4. The van der Waals surface area contributed by atoms with Gasteiger partial charge in [0.05, 0.1) is 0 Å². The highest BCUT2D eigenvalue weighted by Crippen LogP contribution is 2.49. The highest BCUT2D eigenvalue weighted by Gasteiger charge is 2.25. The molecular weight excluding hydrogens is 1440 g/mol. The second kappa shape index (κ2) is 28.0. The summed E-state index contributed by atoms with van der Waals surface area (Å²) in [4.78, 5) is 14.5. The lowest BCUT2D eigenvalue weighted by Gasteiger charge is -2.26. The molecule has 0 aliphatic carbocycles. The fraction of sp³-hybridized carbons (Fsp3) is 0. The van der Waals surface area contributed by atoms with Crippen LogP contribution < -0.4 is 9.80 Å². The van der Waals surface area contributed by atoms with Gasteiger partial charge in [0, 0.05) is 77.6 Å². The number of oxazole rings is 2. The van der Waals surface area contributed by atoms with Gasteiger partial charge < -0.3 is 27.5 Å². The molecule has 0 radical (unpaired) electrons. The van der Waals surface area contributed by atoms with Crippen molar-refractivity contribution in [3.63, 3.8) is 0 Å². The van der Waals surface area contributed by atoms with E-state index in [0.717, 1.165) is 210 Å². The van der Waals surface area contributed by atoms with E-state index in [9.17, 15) is 0 Å². The second-order valence-electron chi connectivity index (χ2n) is 30.2. The van der Waals surface area contributed by atoms with Gasteiger partial charge in [0.1, 0.15) is 33.4 Å². The quantitative estimate of drug-likeness (QED) is 0.100. The zero-order valence-corrected chi connectivity index (χ0v) is 63.7. The molecule has 4 heterocycles. The maximum absolute atomic E-state index is 7.18. The van der Waals surface area contributed by atoms with Crippen LogP contribution in [0.15, 0.2) is 430 Å². The number of anilines is 6. The molecule has 552 valence electrons. The van der Waals surface area contributed by atoms with Gasteiger partial charge in [0.25, 0.3) is 0 Å². The Morgan fingerprint density at radius 3 is 1.15 bits per heavy atom. The summed E-state index contributed by atoms with van der Waals surface area (Å²) < 4.78 is 26.8. The first-order valence-electron chi connectivity index (χ1n) is 39.9. The van der Waals surface area contributed by atoms with Crippen LogP contribution in [0, 0.1) is 0 Å². The molecule has 4 aromatic heterocycles. The second-order valence-corrected chi connectivity index (χ2v) is 30.2. The summed E-state index contributed by atoms with van der Waals surface area (Å²) in [5.41, 5.74) is 30.2. The van der Waals surface area contributed by atoms with Crippen molar-refractivity contribution in [2.24, 2.45) is 0 Å². The molecule has 0 saturated heterocycles. The number of aromatic nitrogens is 2. The normalized spacial score (nSPS) is 11.7. The van der Waals surface area contributed by atoms with Crippen molar-refractivity contribution in [3.05, 3.63) is 413 Å². The average molecular weight is 1510 g/mol. The van der Waals surface area contributed by atoms with Crippen LogP contribution in [0.3, 0.4) is 0 Å². The van der Waals surface area contributed by atoms with Crippen LogP contribution in [0.25, 0.3) is 199 Å². The zero-order valence-electron chi connectivity index (χ0n) is 63.7. The highest BCUT2D eigenvalue weighted by molar-refractivity contribution is 6.24. The van der Waals surface area contributed by atoms with E-state index in [1.807, 2.05) is 48.5 Å². The van der Waals surface area contributed by atoms with Crippen molar-refractivity contribution < 1.29 is 17.7 Å². The fourth-order valence-corrected chi connectivity index (χ4v) is 17.6.